The number of carbonyl (C=O) groups excluding carboxylic acids is 2. The lowest BCUT2D eigenvalue weighted by molar-refractivity contribution is -0.122. The number of ether oxygens (including phenoxy) is 1. The summed E-state index contributed by atoms with van der Waals surface area (Å²) in [4.78, 5) is 31.3. The van der Waals surface area contributed by atoms with Crippen molar-refractivity contribution in [2.75, 3.05) is 16.8 Å². The summed E-state index contributed by atoms with van der Waals surface area (Å²) < 4.78 is 5.80. The lowest BCUT2D eigenvalue weighted by atomic mass is 9.78. The van der Waals surface area contributed by atoms with Crippen molar-refractivity contribution >= 4 is 34.3 Å². The highest BCUT2D eigenvalue weighted by atomic mass is 16.6. The van der Waals surface area contributed by atoms with Gasteiger partial charge in [0.1, 0.15) is 5.60 Å². The molecule has 3 aromatic rings. The minimum absolute atomic E-state index is 0.00571. The second kappa shape index (κ2) is 7.44. The van der Waals surface area contributed by atoms with Gasteiger partial charge in [-0.05, 0) is 49.9 Å². The highest BCUT2D eigenvalue weighted by Gasteiger charge is 2.48. The standard InChI is InChI=1S/C24H23N3O3/c28-22(26-19-14-18-6-4-5-9-21(18)25-15-19)17-10-12-24(13-11-17)16-27(23(29)30-24)20-7-2-1-3-8-20/h1-9,14-15,17H,10-13,16H2,(H,26,28). The Balaban J connectivity index is 1.22. The minimum Gasteiger partial charge on any atom is -0.441 e. The lowest BCUT2D eigenvalue weighted by Gasteiger charge is -2.34. The SMILES string of the molecule is O=C(Nc1cnc2ccccc2c1)C1CCC2(CC1)CN(c1ccccc1)C(=O)O2. The molecule has 0 atom stereocenters. The van der Waals surface area contributed by atoms with E-state index >= 15 is 0 Å². The normalized spacial score (nSPS) is 23.5. The maximum Gasteiger partial charge on any atom is 0.415 e. The maximum atomic E-state index is 12.8. The van der Waals surface area contributed by atoms with E-state index in [2.05, 4.69) is 10.3 Å². The molecule has 1 saturated carbocycles. The summed E-state index contributed by atoms with van der Waals surface area (Å²) >= 11 is 0. The molecule has 0 radical (unpaired) electrons. The molecule has 1 aromatic heterocycles. The van der Waals surface area contributed by atoms with E-state index in [1.165, 1.54) is 0 Å². The van der Waals surface area contributed by atoms with Crippen LogP contribution < -0.4 is 10.2 Å². The van der Waals surface area contributed by atoms with E-state index < -0.39 is 5.60 Å². The van der Waals surface area contributed by atoms with Crippen LogP contribution in [0.25, 0.3) is 10.9 Å². The summed E-state index contributed by atoms with van der Waals surface area (Å²) in [5.41, 5.74) is 1.97. The van der Waals surface area contributed by atoms with E-state index in [9.17, 15) is 9.59 Å². The number of nitrogens with one attached hydrogen (secondary N) is 1. The van der Waals surface area contributed by atoms with Gasteiger partial charge in [-0.25, -0.2) is 4.79 Å². The fourth-order valence-electron chi connectivity index (χ4n) is 4.48. The van der Waals surface area contributed by atoms with Gasteiger partial charge < -0.3 is 10.1 Å². The van der Waals surface area contributed by atoms with Crippen LogP contribution in [0.4, 0.5) is 16.2 Å². The van der Waals surface area contributed by atoms with E-state index in [0.29, 0.717) is 37.9 Å². The topological polar surface area (TPSA) is 71.5 Å². The van der Waals surface area contributed by atoms with Gasteiger partial charge in [0.2, 0.25) is 5.91 Å². The molecule has 1 spiro atoms. The summed E-state index contributed by atoms with van der Waals surface area (Å²) in [6.45, 7) is 0.540. The molecule has 0 unspecified atom stereocenters. The van der Waals surface area contributed by atoms with Crippen LogP contribution in [0.3, 0.4) is 0 Å². The zero-order chi connectivity index (χ0) is 20.6. The zero-order valence-electron chi connectivity index (χ0n) is 16.6. The van der Waals surface area contributed by atoms with Crippen LogP contribution in [-0.2, 0) is 9.53 Å². The van der Waals surface area contributed by atoms with Gasteiger partial charge >= 0.3 is 6.09 Å². The number of hydrogen-bond acceptors (Lipinski definition) is 4. The van der Waals surface area contributed by atoms with E-state index in [-0.39, 0.29) is 17.9 Å². The molecule has 30 heavy (non-hydrogen) atoms. The Morgan fingerprint density at radius 3 is 2.60 bits per heavy atom. The van der Waals surface area contributed by atoms with Gasteiger partial charge in [-0.2, -0.15) is 0 Å². The van der Waals surface area contributed by atoms with Crippen LogP contribution in [0.1, 0.15) is 25.7 Å². The zero-order valence-corrected chi connectivity index (χ0v) is 16.6. The first kappa shape index (κ1) is 18.6. The van der Waals surface area contributed by atoms with Gasteiger partial charge in [0.05, 0.1) is 23.9 Å². The molecule has 0 bridgehead atoms. The minimum atomic E-state index is -0.492. The molecule has 5 rings (SSSR count). The van der Waals surface area contributed by atoms with Crippen LogP contribution in [0.15, 0.2) is 66.9 Å². The van der Waals surface area contributed by atoms with Gasteiger partial charge in [0.15, 0.2) is 0 Å². The van der Waals surface area contributed by atoms with Crippen LogP contribution in [-0.4, -0.2) is 29.1 Å². The number of para-hydroxylation sites is 2. The molecule has 2 heterocycles. The summed E-state index contributed by atoms with van der Waals surface area (Å²) in [7, 11) is 0. The Morgan fingerprint density at radius 2 is 1.80 bits per heavy atom. The molecule has 2 amide bonds. The molecule has 1 N–H and O–H groups in total. The van der Waals surface area contributed by atoms with E-state index in [4.69, 9.17) is 4.74 Å². The van der Waals surface area contributed by atoms with Crippen LogP contribution >= 0.6 is 0 Å². The third-order valence-corrected chi connectivity index (χ3v) is 6.16. The van der Waals surface area contributed by atoms with Crippen molar-refractivity contribution in [1.29, 1.82) is 0 Å². The molecular formula is C24H23N3O3. The fraction of sp³-hybridized carbons (Fsp3) is 0.292. The van der Waals surface area contributed by atoms with Crippen molar-refractivity contribution in [3.8, 4) is 0 Å². The first-order chi connectivity index (χ1) is 14.6. The lowest BCUT2D eigenvalue weighted by Crippen LogP contribution is -2.41. The summed E-state index contributed by atoms with van der Waals surface area (Å²) in [6.07, 6.45) is 4.17. The van der Waals surface area contributed by atoms with Crippen molar-refractivity contribution in [3.63, 3.8) is 0 Å². The van der Waals surface area contributed by atoms with Crippen molar-refractivity contribution in [2.45, 2.75) is 31.3 Å². The van der Waals surface area contributed by atoms with Gasteiger partial charge in [0.25, 0.3) is 0 Å². The molecule has 6 nitrogen and oxygen atoms in total. The monoisotopic (exact) mass is 401 g/mol. The summed E-state index contributed by atoms with van der Waals surface area (Å²) in [5.74, 6) is -0.0854. The molecule has 2 aliphatic rings. The number of amides is 2. The van der Waals surface area contributed by atoms with Gasteiger partial charge in [0, 0.05) is 17.0 Å². The van der Waals surface area contributed by atoms with Gasteiger partial charge in [-0.1, -0.05) is 36.4 Å². The highest BCUT2D eigenvalue weighted by Crippen LogP contribution is 2.41. The van der Waals surface area contributed by atoms with Crippen molar-refractivity contribution in [1.82, 2.24) is 4.98 Å². The quantitative estimate of drug-likeness (QED) is 0.687. The Kier molecular flexibility index (Phi) is 4.62. The molecular weight excluding hydrogens is 378 g/mol. The first-order valence-corrected chi connectivity index (χ1v) is 10.3. The molecule has 1 saturated heterocycles. The molecule has 6 heteroatoms. The number of benzene rings is 2. The average molecular weight is 401 g/mol. The van der Waals surface area contributed by atoms with E-state index in [1.807, 2.05) is 60.7 Å². The average Bonchev–Trinajstić information content (AvgIpc) is 3.10. The summed E-state index contributed by atoms with van der Waals surface area (Å²) in [5, 5.41) is 4.00. The van der Waals surface area contributed by atoms with Crippen molar-refractivity contribution in [3.05, 3.63) is 66.9 Å². The van der Waals surface area contributed by atoms with Crippen molar-refractivity contribution < 1.29 is 14.3 Å². The number of rotatable bonds is 3. The third kappa shape index (κ3) is 3.49. The number of aromatic nitrogens is 1. The molecule has 2 aromatic carbocycles. The number of pyridine rings is 1. The number of anilines is 2. The Hall–Kier alpha value is -3.41. The number of carbonyl (C=O) groups is 2. The Bertz CT molecular complexity index is 1090. The van der Waals surface area contributed by atoms with E-state index in [0.717, 1.165) is 16.6 Å². The van der Waals surface area contributed by atoms with Crippen LogP contribution in [0, 0.1) is 5.92 Å². The van der Waals surface area contributed by atoms with Gasteiger partial charge in [-0.15, -0.1) is 0 Å². The smallest absolute Gasteiger partial charge is 0.415 e. The van der Waals surface area contributed by atoms with Crippen LogP contribution in [0.5, 0.6) is 0 Å². The number of nitrogens with zero attached hydrogens (tertiary/aromatic N) is 2. The molecule has 1 aliphatic carbocycles. The fourth-order valence-corrected chi connectivity index (χ4v) is 4.48. The largest absolute Gasteiger partial charge is 0.441 e. The molecule has 2 fully saturated rings. The predicted octanol–water partition coefficient (Wildman–Crippen LogP) is 4.76. The number of fused-ring (bicyclic) bond motifs is 1. The second-order valence-electron chi connectivity index (χ2n) is 8.15. The number of hydrogen-bond donors (Lipinski definition) is 1. The highest BCUT2D eigenvalue weighted by molar-refractivity contribution is 5.95. The third-order valence-electron chi connectivity index (χ3n) is 6.16. The predicted molar refractivity (Wildman–Crippen MR) is 115 cm³/mol. The Morgan fingerprint density at radius 1 is 1.07 bits per heavy atom. The van der Waals surface area contributed by atoms with E-state index in [1.54, 1.807) is 11.1 Å². The molecule has 152 valence electrons. The van der Waals surface area contributed by atoms with Crippen LogP contribution in [0.2, 0.25) is 0 Å². The van der Waals surface area contributed by atoms with Crippen molar-refractivity contribution in [2.24, 2.45) is 5.92 Å². The maximum absolute atomic E-state index is 12.8. The summed E-state index contributed by atoms with van der Waals surface area (Å²) in [6, 6.07) is 19.4. The van der Waals surface area contributed by atoms with Gasteiger partial charge in [-0.3, -0.25) is 14.7 Å². The first-order valence-electron chi connectivity index (χ1n) is 10.3. The molecule has 1 aliphatic heterocycles. The second-order valence-corrected chi connectivity index (χ2v) is 8.15. The Labute approximate surface area is 174 Å².